The van der Waals surface area contributed by atoms with Gasteiger partial charge in [-0.05, 0) is 31.5 Å². The fourth-order valence-electron chi connectivity index (χ4n) is 2.88. The van der Waals surface area contributed by atoms with Gasteiger partial charge >= 0.3 is 0 Å². The van der Waals surface area contributed by atoms with Crippen LogP contribution in [0.5, 0.6) is 5.75 Å². The van der Waals surface area contributed by atoms with Crippen LogP contribution in [0.4, 0.5) is 0 Å². The SMILES string of the molecule is CC(C)Oc1ccc(CN2C[C@@H](O)[C@H](n3ccnn3)C2)cc1Cl. The maximum absolute atomic E-state index is 10.2. The van der Waals surface area contributed by atoms with Crippen molar-refractivity contribution in [3.05, 3.63) is 41.2 Å². The maximum Gasteiger partial charge on any atom is 0.138 e. The Morgan fingerprint density at radius 1 is 1.39 bits per heavy atom. The van der Waals surface area contributed by atoms with Crippen LogP contribution >= 0.6 is 11.6 Å². The molecule has 2 aromatic rings. The van der Waals surface area contributed by atoms with Crippen molar-refractivity contribution in [3.8, 4) is 5.75 Å². The lowest BCUT2D eigenvalue weighted by molar-refractivity contribution is 0.138. The van der Waals surface area contributed by atoms with Gasteiger partial charge in [0.25, 0.3) is 0 Å². The van der Waals surface area contributed by atoms with Crippen LogP contribution in [0.2, 0.25) is 5.02 Å². The first-order valence-electron chi connectivity index (χ1n) is 7.74. The zero-order valence-electron chi connectivity index (χ0n) is 13.3. The number of aromatic nitrogens is 3. The molecule has 0 bridgehead atoms. The number of nitrogens with zero attached hydrogens (tertiary/aromatic N) is 4. The summed E-state index contributed by atoms with van der Waals surface area (Å²) in [4.78, 5) is 2.19. The third-order valence-electron chi connectivity index (χ3n) is 3.88. The van der Waals surface area contributed by atoms with Gasteiger partial charge in [-0.25, -0.2) is 4.68 Å². The smallest absolute Gasteiger partial charge is 0.138 e. The lowest BCUT2D eigenvalue weighted by atomic mass is 10.2. The van der Waals surface area contributed by atoms with Crippen molar-refractivity contribution in [2.45, 2.75) is 38.6 Å². The summed E-state index contributed by atoms with van der Waals surface area (Å²) in [5, 5.41) is 18.6. The molecule has 1 aliphatic heterocycles. The third-order valence-corrected chi connectivity index (χ3v) is 4.18. The molecule has 0 radical (unpaired) electrons. The molecule has 0 spiro atoms. The number of ether oxygens (including phenoxy) is 1. The molecule has 6 nitrogen and oxygen atoms in total. The fraction of sp³-hybridized carbons (Fsp3) is 0.500. The van der Waals surface area contributed by atoms with E-state index in [0.29, 0.717) is 17.3 Å². The molecular weight excluding hydrogens is 316 g/mol. The molecule has 0 saturated carbocycles. The summed E-state index contributed by atoms with van der Waals surface area (Å²) < 4.78 is 7.37. The van der Waals surface area contributed by atoms with Gasteiger partial charge in [-0.1, -0.05) is 22.9 Å². The van der Waals surface area contributed by atoms with Crippen LogP contribution in [0, 0.1) is 0 Å². The van der Waals surface area contributed by atoms with Crippen molar-refractivity contribution in [2.24, 2.45) is 0 Å². The topological polar surface area (TPSA) is 63.4 Å². The van der Waals surface area contributed by atoms with Crippen LogP contribution in [0.1, 0.15) is 25.5 Å². The van der Waals surface area contributed by atoms with Gasteiger partial charge in [-0.15, -0.1) is 5.10 Å². The molecule has 1 saturated heterocycles. The van der Waals surface area contributed by atoms with Crippen LogP contribution in [-0.2, 0) is 6.54 Å². The predicted octanol–water partition coefficient (Wildman–Crippen LogP) is 2.14. The molecule has 1 N–H and O–H groups in total. The number of hydrogen-bond acceptors (Lipinski definition) is 5. The van der Waals surface area contributed by atoms with Crippen LogP contribution in [0.15, 0.2) is 30.6 Å². The molecule has 124 valence electrons. The highest BCUT2D eigenvalue weighted by atomic mass is 35.5. The molecule has 1 fully saturated rings. The van der Waals surface area contributed by atoms with Crippen molar-refractivity contribution in [2.75, 3.05) is 13.1 Å². The first kappa shape index (κ1) is 16.2. The van der Waals surface area contributed by atoms with E-state index in [1.165, 1.54) is 0 Å². The molecule has 3 rings (SSSR count). The first-order valence-corrected chi connectivity index (χ1v) is 8.12. The Balaban J connectivity index is 1.65. The normalized spacial score (nSPS) is 22.0. The maximum atomic E-state index is 10.2. The van der Waals surface area contributed by atoms with Gasteiger partial charge in [-0.2, -0.15) is 0 Å². The summed E-state index contributed by atoms with van der Waals surface area (Å²) >= 11 is 6.28. The monoisotopic (exact) mass is 336 g/mol. The van der Waals surface area contributed by atoms with Gasteiger partial charge in [0.1, 0.15) is 5.75 Å². The van der Waals surface area contributed by atoms with E-state index in [1.807, 2.05) is 32.0 Å². The van der Waals surface area contributed by atoms with Crippen LogP contribution in [0.3, 0.4) is 0 Å². The Morgan fingerprint density at radius 2 is 2.22 bits per heavy atom. The molecule has 7 heteroatoms. The van der Waals surface area contributed by atoms with Gasteiger partial charge in [0.05, 0.1) is 29.5 Å². The summed E-state index contributed by atoms with van der Waals surface area (Å²) in [5.41, 5.74) is 1.09. The molecule has 1 aliphatic rings. The van der Waals surface area contributed by atoms with Crippen LogP contribution < -0.4 is 4.74 Å². The second kappa shape index (κ2) is 6.86. The van der Waals surface area contributed by atoms with E-state index >= 15 is 0 Å². The fourth-order valence-corrected chi connectivity index (χ4v) is 3.13. The molecule has 0 amide bonds. The van der Waals surface area contributed by atoms with Crippen molar-refractivity contribution in [1.82, 2.24) is 19.9 Å². The van der Waals surface area contributed by atoms with Crippen molar-refractivity contribution in [3.63, 3.8) is 0 Å². The van der Waals surface area contributed by atoms with E-state index in [1.54, 1.807) is 17.1 Å². The Morgan fingerprint density at radius 3 is 2.87 bits per heavy atom. The second-order valence-electron chi connectivity index (χ2n) is 6.14. The minimum atomic E-state index is -0.448. The lowest BCUT2D eigenvalue weighted by Crippen LogP contribution is -2.22. The van der Waals surface area contributed by atoms with Gasteiger partial charge in [-0.3, -0.25) is 4.90 Å². The molecule has 0 unspecified atom stereocenters. The van der Waals surface area contributed by atoms with E-state index < -0.39 is 6.10 Å². The minimum Gasteiger partial charge on any atom is -0.489 e. The summed E-state index contributed by atoms with van der Waals surface area (Å²) in [5.74, 6) is 0.701. The zero-order chi connectivity index (χ0) is 16.4. The Bertz CT molecular complexity index is 648. The number of β-amino-alcohol motifs (C(OH)–C–C–N with tert-alkyl or cyclic N) is 1. The van der Waals surface area contributed by atoms with Crippen molar-refractivity contribution >= 4 is 11.6 Å². The van der Waals surface area contributed by atoms with Gasteiger partial charge < -0.3 is 9.84 Å². The van der Waals surface area contributed by atoms with E-state index in [-0.39, 0.29) is 12.1 Å². The van der Waals surface area contributed by atoms with Crippen molar-refractivity contribution in [1.29, 1.82) is 0 Å². The van der Waals surface area contributed by atoms with E-state index in [2.05, 4.69) is 15.2 Å². The summed E-state index contributed by atoms with van der Waals surface area (Å²) in [6.07, 6.45) is 3.06. The number of hydrogen-bond donors (Lipinski definition) is 1. The number of aliphatic hydroxyl groups excluding tert-OH is 1. The van der Waals surface area contributed by atoms with Gasteiger partial charge in [0.15, 0.2) is 0 Å². The highest BCUT2D eigenvalue weighted by molar-refractivity contribution is 6.32. The highest BCUT2D eigenvalue weighted by Crippen LogP contribution is 2.28. The largest absolute Gasteiger partial charge is 0.489 e. The number of rotatable bonds is 5. The first-order chi connectivity index (χ1) is 11.0. The summed E-state index contributed by atoms with van der Waals surface area (Å²) in [7, 11) is 0. The van der Waals surface area contributed by atoms with Crippen LogP contribution in [0.25, 0.3) is 0 Å². The van der Waals surface area contributed by atoms with Crippen molar-refractivity contribution < 1.29 is 9.84 Å². The molecular formula is C16H21ClN4O2. The highest BCUT2D eigenvalue weighted by Gasteiger charge is 2.33. The molecule has 1 aromatic heterocycles. The zero-order valence-corrected chi connectivity index (χ0v) is 14.0. The molecule has 0 aliphatic carbocycles. The quantitative estimate of drug-likeness (QED) is 0.906. The standard InChI is InChI=1S/C16H21ClN4O2/c1-11(2)23-16-4-3-12(7-13(16)17)8-20-9-14(15(22)10-20)21-6-5-18-19-21/h3-7,11,14-15,22H,8-10H2,1-2H3/t14-,15-/m1/s1. The number of likely N-dealkylation sites (tertiary alicyclic amines) is 1. The lowest BCUT2D eigenvalue weighted by Gasteiger charge is -2.17. The van der Waals surface area contributed by atoms with E-state index in [4.69, 9.17) is 16.3 Å². The Labute approximate surface area is 140 Å². The van der Waals surface area contributed by atoms with Crippen LogP contribution in [-0.4, -0.2) is 50.3 Å². The number of benzene rings is 1. The average Bonchev–Trinajstić information content (AvgIpc) is 3.11. The average molecular weight is 337 g/mol. The third kappa shape index (κ3) is 3.83. The minimum absolute atomic E-state index is 0.0588. The molecule has 2 atom stereocenters. The molecule has 23 heavy (non-hydrogen) atoms. The summed E-state index contributed by atoms with van der Waals surface area (Å²) in [6, 6.07) is 5.78. The molecule has 1 aromatic carbocycles. The predicted molar refractivity (Wildman–Crippen MR) is 87.6 cm³/mol. The van der Waals surface area contributed by atoms with Gasteiger partial charge in [0.2, 0.25) is 0 Å². The van der Waals surface area contributed by atoms with E-state index in [0.717, 1.165) is 18.7 Å². The Kier molecular flexibility index (Phi) is 4.84. The summed E-state index contributed by atoms with van der Waals surface area (Å²) in [6.45, 7) is 6.00. The number of halogens is 1. The Hall–Kier alpha value is -1.63. The van der Waals surface area contributed by atoms with Gasteiger partial charge in [0, 0.05) is 25.8 Å². The number of aliphatic hydroxyl groups is 1. The molecule has 2 heterocycles. The van der Waals surface area contributed by atoms with E-state index in [9.17, 15) is 5.11 Å². The second-order valence-corrected chi connectivity index (χ2v) is 6.55.